The van der Waals surface area contributed by atoms with Crippen LogP contribution in [-0.2, 0) is 13.2 Å². The maximum Gasteiger partial charge on any atom is 0.433 e. The molecule has 0 atom stereocenters. The van der Waals surface area contributed by atoms with Crippen LogP contribution in [-0.4, -0.2) is 36.8 Å². The maximum atomic E-state index is 13.6. The summed E-state index contributed by atoms with van der Waals surface area (Å²) in [6, 6.07) is 0.850. The number of halogens is 4. The van der Waals surface area contributed by atoms with Crippen LogP contribution in [0.2, 0.25) is 5.02 Å². The third kappa shape index (κ3) is 3.58. The lowest BCUT2D eigenvalue weighted by atomic mass is 10.0. The molecule has 0 aromatic carbocycles. The number of pyridine rings is 1. The molecular weight excluding hydrogens is 471 g/mol. The molecule has 4 aromatic rings. The highest BCUT2D eigenvalue weighted by molar-refractivity contribution is 7.21. The molecule has 2 amide bonds. The van der Waals surface area contributed by atoms with E-state index < -0.39 is 23.7 Å². The molecule has 4 rings (SSSR count). The van der Waals surface area contributed by atoms with Gasteiger partial charge < -0.3 is 11.1 Å². The average Bonchev–Trinajstić information content (AvgIpc) is 3.39. The normalized spacial score (nSPS) is 11.8. The summed E-state index contributed by atoms with van der Waals surface area (Å²) in [5, 5.41) is 12.8. The number of amides is 2. The number of aryl methyl sites for hydroxylation is 1. The van der Waals surface area contributed by atoms with Gasteiger partial charge in [0.1, 0.15) is 21.1 Å². The number of aromatic amines is 1. The van der Waals surface area contributed by atoms with Crippen LogP contribution in [0.3, 0.4) is 0 Å². The van der Waals surface area contributed by atoms with Crippen LogP contribution in [0.5, 0.6) is 0 Å². The molecule has 0 aliphatic carbocycles. The summed E-state index contributed by atoms with van der Waals surface area (Å²) in [5.41, 5.74) is 5.14. The number of carbonyl (C=O) groups is 2. The van der Waals surface area contributed by atoms with E-state index in [9.17, 15) is 22.8 Å². The number of hydrogen-bond acceptors (Lipinski definition) is 6. The number of hydrogen-bond donors (Lipinski definition) is 3. The van der Waals surface area contributed by atoms with Gasteiger partial charge in [-0.15, -0.1) is 11.3 Å². The molecule has 32 heavy (non-hydrogen) atoms. The second kappa shape index (κ2) is 7.60. The average molecular weight is 484 g/mol. The number of H-pyrrole nitrogens is 1. The van der Waals surface area contributed by atoms with Crippen LogP contribution in [0.4, 0.5) is 18.9 Å². The molecule has 4 heterocycles. The van der Waals surface area contributed by atoms with Gasteiger partial charge >= 0.3 is 6.18 Å². The molecule has 0 aliphatic rings. The minimum Gasteiger partial charge on any atom is -0.365 e. The summed E-state index contributed by atoms with van der Waals surface area (Å²) in [5.74, 6) is -1.70. The van der Waals surface area contributed by atoms with Crippen molar-refractivity contribution in [3.63, 3.8) is 0 Å². The summed E-state index contributed by atoms with van der Waals surface area (Å²) >= 11 is 6.57. The lowest BCUT2D eigenvalue weighted by Gasteiger charge is -2.12. The Morgan fingerprint density at radius 3 is 2.53 bits per heavy atom. The smallest absolute Gasteiger partial charge is 0.365 e. The van der Waals surface area contributed by atoms with Gasteiger partial charge in [-0.2, -0.15) is 23.4 Å². The van der Waals surface area contributed by atoms with E-state index in [1.54, 1.807) is 14.0 Å². The number of alkyl halides is 3. The first-order chi connectivity index (χ1) is 15.0. The van der Waals surface area contributed by atoms with Crippen LogP contribution in [0.15, 0.2) is 18.5 Å². The topological polar surface area (TPSA) is 132 Å². The van der Waals surface area contributed by atoms with Gasteiger partial charge in [0.2, 0.25) is 0 Å². The van der Waals surface area contributed by atoms with E-state index in [2.05, 4.69) is 25.6 Å². The molecule has 4 aromatic heterocycles. The SMILES string of the molecule is Cc1c(-c2cc(C(F)(F)F)nc3sc(C(N)=O)c(NC(=O)c4[nH]ncc4Cl)c23)cnn1C. The highest BCUT2D eigenvalue weighted by Crippen LogP contribution is 2.44. The summed E-state index contributed by atoms with van der Waals surface area (Å²) in [6.07, 6.45) is -2.15. The molecule has 4 N–H and O–H groups in total. The van der Waals surface area contributed by atoms with Crippen molar-refractivity contribution >= 4 is 50.7 Å². The Bertz CT molecular complexity index is 1390. The van der Waals surface area contributed by atoms with Crippen molar-refractivity contribution in [1.29, 1.82) is 0 Å². The number of fused-ring (bicyclic) bond motifs is 1. The van der Waals surface area contributed by atoms with Crippen molar-refractivity contribution in [3.05, 3.63) is 45.4 Å². The predicted octanol–water partition coefficient (Wildman–Crippen LogP) is 3.75. The van der Waals surface area contributed by atoms with Gasteiger partial charge in [-0.3, -0.25) is 19.4 Å². The minimum atomic E-state index is -4.75. The molecule has 0 aliphatic heterocycles. The van der Waals surface area contributed by atoms with E-state index in [0.717, 1.165) is 6.07 Å². The van der Waals surface area contributed by atoms with Crippen molar-refractivity contribution in [2.45, 2.75) is 13.1 Å². The first kappa shape index (κ1) is 21.8. The van der Waals surface area contributed by atoms with Crippen molar-refractivity contribution in [2.24, 2.45) is 12.8 Å². The van der Waals surface area contributed by atoms with Gasteiger partial charge in [-0.25, -0.2) is 4.98 Å². The molecule has 0 saturated heterocycles. The largest absolute Gasteiger partial charge is 0.433 e. The number of carbonyl (C=O) groups excluding carboxylic acids is 2. The van der Waals surface area contributed by atoms with Gasteiger partial charge in [-0.05, 0) is 18.6 Å². The molecule has 14 heteroatoms. The van der Waals surface area contributed by atoms with Crippen LogP contribution < -0.4 is 11.1 Å². The van der Waals surface area contributed by atoms with Crippen LogP contribution in [0.1, 0.15) is 31.5 Å². The number of nitrogens with zero attached hydrogens (tertiary/aromatic N) is 4. The van der Waals surface area contributed by atoms with Gasteiger partial charge in [0.15, 0.2) is 0 Å². The summed E-state index contributed by atoms with van der Waals surface area (Å²) in [4.78, 5) is 28.2. The molecule has 9 nitrogen and oxygen atoms in total. The van der Waals surface area contributed by atoms with E-state index in [4.69, 9.17) is 17.3 Å². The number of anilines is 1. The Balaban J connectivity index is 2.03. The maximum absolute atomic E-state index is 13.6. The van der Waals surface area contributed by atoms with Crippen LogP contribution in [0.25, 0.3) is 21.3 Å². The Labute approximate surface area is 186 Å². The van der Waals surface area contributed by atoms with E-state index >= 15 is 0 Å². The van der Waals surface area contributed by atoms with Crippen molar-refractivity contribution in [3.8, 4) is 11.1 Å². The third-order valence-corrected chi connectivity index (χ3v) is 6.15. The fraction of sp³-hybridized carbons (Fsp3) is 0.167. The first-order valence-corrected chi connectivity index (χ1v) is 10.0. The molecule has 0 spiro atoms. The highest BCUT2D eigenvalue weighted by atomic mass is 35.5. The highest BCUT2D eigenvalue weighted by Gasteiger charge is 2.35. The van der Waals surface area contributed by atoms with Crippen molar-refractivity contribution in [2.75, 3.05) is 5.32 Å². The minimum absolute atomic E-state index is 0.0171. The number of nitrogens with two attached hydrogens (primary N) is 1. The molecule has 0 saturated carbocycles. The fourth-order valence-electron chi connectivity index (χ4n) is 3.12. The number of thiophene rings is 1. The first-order valence-electron chi connectivity index (χ1n) is 8.82. The van der Waals surface area contributed by atoms with E-state index in [-0.39, 0.29) is 37.1 Å². The lowest BCUT2D eigenvalue weighted by Crippen LogP contribution is -2.17. The molecule has 0 bridgehead atoms. The molecule has 166 valence electrons. The quantitative estimate of drug-likeness (QED) is 0.406. The summed E-state index contributed by atoms with van der Waals surface area (Å²) in [7, 11) is 1.63. The zero-order valence-corrected chi connectivity index (χ0v) is 17.9. The lowest BCUT2D eigenvalue weighted by molar-refractivity contribution is -0.140. The zero-order chi connectivity index (χ0) is 23.4. The number of rotatable bonds is 4. The number of aromatic nitrogens is 5. The summed E-state index contributed by atoms with van der Waals surface area (Å²) in [6.45, 7) is 1.67. The Morgan fingerprint density at radius 1 is 1.28 bits per heavy atom. The van der Waals surface area contributed by atoms with Gasteiger partial charge in [-0.1, -0.05) is 11.6 Å². The Hall–Kier alpha value is -3.45. The molecule has 0 radical (unpaired) electrons. The van der Waals surface area contributed by atoms with E-state index in [1.165, 1.54) is 17.1 Å². The molecule has 0 unspecified atom stereocenters. The molecule has 0 fully saturated rings. The number of nitrogens with one attached hydrogen (secondary N) is 2. The molecular formula is C18H13ClF3N7O2S. The van der Waals surface area contributed by atoms with Crippen molar-refractivity contribution < 1.29 is 22.8 Å². The predicted molar refractivity (Wildman–Crippen MR) is 112 cm³/mol. The Morgan fingerprint density at radius 2 is 2.00 bits per heavy atom. The Kier molecular flexibility index (Phi) is 5.17. The van der Waals surface area contributed by atoms with Gasteiger partial charge in [0.05, 0.1) is 23.1 Å². The van der Waals surface area contributed by atoms with Crippen LogP contribution >= 0.6 is 22.9 Å². The van der Waals surface area contributed by atoms with E-state index in [0.29, 0.717) is 22.6 Å². The standard InChI is InChI=1S/C18H13ClF3N7O2S/c1-6-8(4-25-29(6)2)7-3-10(18(20,21)22)26-17-11(7)13(14(32-17)15(23)30)27-16(31)12-9(19)5-24-28-12/h3-5H,1-2H3,(H2,23,30)(H,24,28)(H,27,31). The van der Waals surface area contributed by atoms with Gasteiger partial charge in [0, 0.05) is 23.7 Å². The third-order valence-electron chi connectivity index (χ3n) is 4.76. The second-order valence-electron chi connectivity index (χ2n) is 6.72. The van der Waals surface area contributed by atoms with Crippen molar-refractivity contribution in [1.82, 2.24) is 25.0 Å². The summed E-state index contributed by atoms with van der Waals surface area (Å²) < 4.78 is 42.2. The van der Waals surface area contributed by atoms with Gasteiger partial charge in [0.25, 0.3) is 11.8 Å². The zero-order valence-electron chi connectivity index (χ0n) is 16.3. The van der Waals surface area contributed by atoms with E-state index in [1.807, 2.05) is 0 Å². The number of primary amides is 1. The second-order valence-corrected chi connectivity index (χ2v) is 8.12. The van der Waals surface area contributed by atoms with Crippen LogP contribution in [0, 0.1) is 6.92 Å². The fourth-order valence-corrected chi connectivity index (χ4v) is 4.30. The monoisotopic (exact) mass is 483 g/mol.